The molecule has 0 bridgehead atoms. The Hall–Kier alpha value is -1.13. The number of thiophene rings is 2. The summed E-state index contributed by atoms with van der Waals surface area (Å²) < 4.78 is 0. The Morgan fingerprint density at radius 3 is 2.05 bits per heavy atom. The summed E-state index contributed by atoms with van der Waals surface area (Å²) >= 11 is 3.46. The van der Waals surface area contributed by atoms with E-state index in [4.69, 9.17) is 0 Å². The van der Waals surface area contributed by atoms with Gasteiger partial charge in [0.25, 0.3) is 0 Å². The minimum Gasteiger partial charge on any atom is -0.332 e. The molecule has 0 aliphatic heterocycles. The maximum atomic E-state index is 12.5. The van der Waals surface area contributed by atoms with Gasteiger partial charge < -0.3 is 4.90 Å². The van der Waals surface area contributed by atoms with E-state index in [0.717, 1.165) is 25.9 Å². The lowest BCUT2D eigenvalue weighted by Gasteiger charge is -2.31. The second kappa shape index (κ2) is 5.88. The van der Waals surface area contributed by atoms with Crippen LogP contribution in [-0.4, -0.2) is 10.8 Å². The van der Waals surface area contributed by atoms with Gasteiger partial charge in [0.05, 0.1) is 13.1 Å². The minimum absolute atomic E-state index is 0.278. The van der Waals surface area contributed by atoms with Crippen LogP contribution in [0, 0.1) is 5.92 Å². The van der Waals surface area contributed by atoms with Gasteiger partial charge in [0.2, 0.25) is 5.91 Å². The highest BCUT2D eigenvalue weighted by Crippen LogP contribution is 2.30. The molecule has 0 unspecified atom stereocenters. The van der Waals surface area contributed by atoms with E-state index in [2.05, 4.69) is 35.0 Å². The number of amides is 1. The van der Waals surface area contributed by atoms with E-state index >= 15 is 0 Å². The maximum absolute atomic E-state index is 12.5. The molecule has 4 heteroatoms. The third-order valence-corrected chi connectivity index (χ3v) is 5.34. The number of hydrogen-bond acceptors (Lipinski definition) is 3. The van der Waals surface area contributed by atoms with Crippen molar-refractivity contribution in [3.05, 3.63) is 44.8 Å². The van der Waals surface area contributed by atoms with Crippen molar-refractivity contribution in [3.63, 3.8) is 0 Å². The molecule has 0 N–H and O–H groups in total. The number of carbonyl (C=O) groups is 1. The molecular weight excluding hydrogens is 274 g/mol. The van der Waals surface area contributed by atoms with Crippen molar-refractivity contribution in [2.24, 2.45) is 5.92 Å². The summed E-state index contributed by atoms with van der Waals surface area (Å²) in [5.74, 6) is 0.618. The fourth-order valence-electron chi connectivity index (χ4n) is 2.31. The van der Waals surface area contributed by atoms with Crippen LogP contribution in [0.15, 0.2) is 35.0 Å². The van der Waals surface area contributed by atoms with Crippen LogP contribution in [-0.2, 0) is 17.9 Å². The molecule has 0 atom stereocenters. The van der Waals surface area contributed by atoms with Crippen molar-refractivity contribution >= 4 is 28.6 Å². The van der Waals surface area contributed by atoms with Crippen molar-refractivity contribution in [2.45, 2.75) is 32.4 Å². The van der Waals surface area contributed by atoms with Gasteiger partial charge in [-0.15, -0.1) is 22.7 Å². The normalized spacial score (nSPS) is 15.2. The quantitative estimate of drug-likeness (QED) is 0.811. The Labute approximate surface area is 121 Å². The predicted octanol–water partition coefficient (Wildman–Crippen LogP) is 4.14. The molecular formula is C15H17NOS2. The Balaban J connectivity index is 1.72. The monoisotopic (exact) mass is 291 g/mol. The second-order valence-electron chi connectivity index (χ2n) is 4.98. The standard InChI is InChI=1S/C15H17NOS2/c17-15(12-4-1-5-12)16(10-13-6-2-8-18-13)11-14-7-3-9-19-14/h2-3,6-9,12H,1,4-5,10-11H2. The predicted molar refractivity (Wildman–Crippen MR) is 80.2 cm³/mol. The Bertz CT molecular complexity index is 478. The third-order valence-electron chi connectivity index (χ3n) is 3.62. The van der Waals surface area contributed by atoms with E-state index in [-0.39, 0.29) is 5.92 Å². The molecule has 2 nitrogen and oxygen atoms in total. The average Bonchev–Trinajstić information content (AvgIpc) is 2.98. The summed E-state index contributed by atoms with van der Waals surface area (Å²) in [4.78, 5) is 17.1. The summed E-state index contributed by atoms with van der Waals surface area (Å²) in [5, 5.41) is 4.15. The van der Waals surface area contributed by atoms with Gasteiger partial charge in [-0.1, -0.05) is 18.6 Å². The highest BCUT2D eigenvalue weighted by molar-refractivity contribution is 7.10. The van der Waals surface area contributed by atoms with Crippen molar-refractivity contribution < 1.29 is 4.79 Å². The first-order valence-corrected chi connectivity index (χ1v) is 8.42. The van der Waals surface area contributed by atoms with Crippen LogP contribution in [0.2, 0.25) is 0 Å². The Morgan fingerprint density at radius 2 is 1.68 bits per heavy atom. The largest absolute Gasteiger partial charge is 0.332 e. The highest BCUT2D eigenvalue weighted by Gasteiger charge is 2.29. The number of rotatable bonds is 5. The fourth-order valence-corrected chi connectivity index (χ4v) is 3.75. The first-order valence-electron chi connectivity index (χ1n) is 6.66. The molecule has 2 heterocycles. The molecule has 1 aliphatic rings. The molecule has 2 aromatic rings. The van der Waals surface area contributed by atoms with Gasteiger partial charge in [0.1, 0.15) is 0 Å². The first kappa shape index (κ1) is 12.9. The Kier molecular flexibility index (Phi) is 3.99. The lowest BCUT2D eigenvalue weighted by atomic mass is 9.84. The molecule has 1 fully saturated rings. The van der Waals surface area contributed by atoms with E-state index in [1.807, 2.05) is 4.90 Å². The van der Waals surface area contributed by atoms with E-state index in [1.54, 1.807) is 22.7 Å². The molecule has 0 spiro atoms. The van der Waals surface area contributed by atoms with Crippen LogP contribution >= 0.6 is 22.7 Å². The zero-order valence-electron chi connectivity index (χ0n) is 10.7. The molecule has 0 radical (unpaired) electrons. The fraction of sp³-hybridized carbons (Fsp3) is 0.400. The van der Waals surface area contributed by atoms with Crippen molar-refractivity contribution in [1.82, 2.24) is 4.90 Å². The molecule has 1 aliphatic carbocycles. The molecule has 0 aromatic carbocycles. The topological polar surface area (TPSA) is 20.3 Å². The van der Waals surface area contributed by atoms with E-state index < -0.39 is 0 Å². The van der Waals surface area contributed by atoms with Crippen molar-refractivity contribution in [2.75, 3.05) is 0 Å². The third kappa shape index (κ3) is 3.07. The SMILES string of the molecule is O=C(C1CCC1)N(Cc1cccs1)Cc1cccs1. The molecule has 19 heavy (non-hydrogen) atoms. The van der Waals surface area contributed by atoms with Gasteiger partial charge in [-0.05, 0) is 35.7 Å². The van der Waals surface area contributed by atoms with Crippen LogP contribution in [0.5, 0.6) is 0 Å². The van der Waals surface area contributed by atoms with Crippen molar-refractivity contribution in [3.8, 4) is 0 Å². The summed E-state index contributed by atoms with van der Waals surface area (Å²) in [6.07, 6.45) is 3.36. The summed E-state index contributed by atoms with van der Waals surface area (Å²) in [6, 6.07) is 8.33. The van der Waals surface area contributed by atoms with Gasteiger partial charge in [-0.3, -0.25) is 4.79 Å². The first-order chi connectivity index (χ1) is 9.33. The minimum atomic E-state index is 0.278. The molecule has 1 amide bonds. The van der Waals surface area contributed by atoms with Gasteiger partial charge in [0, 0.05) is 15.7 Å². The van der Waals surface area contributed by atoms with Gasteiger partial charge in [-0.25, -0.2) is 0 Å². The maximum Gasteiger partial charge on any atom is 0.226 e. The Morgan fingerprint density at radius 1 is 1.11 bits per heavy atom. The average molecular weight is 291 g/mol. The van der Waals surface area contributed by atoms with Crippen LogP contribution in [0.25, 0.3) is 0 Å². The highest BCUT2D eigenvalue weighted by atomic mass is 32.1. The molecule has 1 saturated carbocycles. The van der Waals surface area contributed by atoms with E-state index in [9.17, 15) is 4.79 Å². The summed E-state index contributed by atoms with van der Waals surface area (Å²) in [6.45, 7) is 1.51. The lowest BCUT2D eigenvalue weighted by Crippen LogP contribution is -2.37. The number of hydrogen-bond donors (Lipinski definition) is 0. The van der Waals surface area contributed by atoms with E-state index in [1.165, 1.54) is 16.2 Å². The molecule has 2 aromatic heterocycles. The molecule has 100 valence electrons. The molecule has 0 saturated heterocycles. The smallest absolute Gasteiger partial charge is 0.226 e. The lowest BCUT2D eigenvalue weighted by molar-refractivity contribution is -0.139. The van der Waals surface area contributed by atoms with Gasteiger partial charge in [0.15, 0.2) is 0 Å². The number of nitrogens with zero attached hydrogens (tertiary/aromatic N) is 1. The molecule has 3 rings (SSSR count). The van der Waals surface area contributed by atoms with Crippen molar-refractivity contribution in [1.29, 1.82) is 0 Å². The second-order valence-corrected chi connectivity index (χ2v) is 7.05. The number of carbonyl (C=O) groups excluding carboxylic acids is 1. The summed E-state index contributed by atoms with van der Waals surface area (Å²) in [5.41, 5.74) is 0. The zero-order chi connectivity index (χ0) is 13.1. The van der Waals surface area contributed by atoms with Gasteiger partial charge in [-0.2, -0.15) is 0 Å². The van der Waals surface area contributed by atoms with Crippen LogP contribution in [0.3, 0.4) is 0 Å². The van der Waals surface area contributed by atoms with Crippen LogP contribution in [0.1, 0.15) is 29.0 Å². The summed E-state index contributed by atoms with van der Waals surface area (Å²) in [7, 11) is 0. The van der Waals surface area contributed by atoms with Crippen LogP contribution < -0.4 is 0 Å². The van der Waals surface area contributed by atoms with Gasteiger partial charge >= 0.3 is 0 Å². The zero-order valence-corrected chi connectivity index (χ0v) is 12.4. The van der Waals surface area contributed by atoms with E-state index in [0.29, 0.717) is 5.91 Å². The van der Waals surface area contributed by atoms with Crippen LogP contribution in [0.4, 0.5) is 0 Å².